The molecule has 1 fully saturated rings. The summed E-state index contributed by atoms with van der Waals surface area (Å²) in [4.78, 5) is 22.9. The van der Waals surface area contributed by atoms with Crippen LogP contribution in [0.2, 0.25) is 0 Å². The van der Waals surface area contributed by atoms with Gasteiger partial charge >= 0.3 is 0 Å². The number of rotatable bonds is 4. The molecule has 2 aliphatic heterocycles. The summed E-state index contributed by atoms with van der Waals surface area (Å²) in [7, 11) is 0. The first kappa shape index (κ1) is 16.0. The second-order valence-electron chi connectivity index (χ2n) is 6.71. The molecule has 2 aromatic rings. The van der Waals surface area contributed by atoms with E-state index in [2.05, 4.69) is 20.5 Å². The number of aldehydes is 1. The average Bonchev–Trinajstić information content (AvgIpc) is 3.23. The number of aromatic nitrogens is 2. The predicted octanol–water partition coefficient (Wildman–Crippen LogP) is 1.41. The monoisotopic (exact) mass is 338 g/mol. The zero-order valence-electron chi connectivity index (χ0n) is 14.2. The van der Waals surface area contributed by atoms with Crippen molar-refractivity contribution in [2.24, 2.45) is 5.73 Å². The molecule has 0 bridgehead atoms. The first-order valence-corrected chi connectivity index (χ1v) is 8.58. The molecule has 1 aromatic heterocycles. The van der Waals surface area contributed by atoms with Gasteiger partial charge in [-0.2, -0.15) is 4.98 Å². The normalized spacial score (nSPS) is 22.1. The number of benzene rings is 1. The lowest BCUT2D eigenvalue weighted by atomic mass is 10.1. The average molecular weight is 338 g/mol. The molecule has 25 heavy (non-hydrogen) atoms. The third-order valence-corrected chi connectivity index (χ3v) is 4.77. The van der Waals surface area contributed by atoms with E-state index in [1.54, 1.807) is 0 Å². The number of carbonyl (C=O) groups is 1. The van der Waals surface area contributed by atoms with Crippen molar-refractivity contribution in [3.63, 3.8) is 0 Å². The largest absolute Gasteiger partial charge is 0.340 e. The zero-order valence-corrected chi connectivity index (χ0v) is 14.2. The number of aryl methyl sites for hydroxylation is 1. The van der Waals surface area contributed by atoms with Gasteiger partial charge in [-0.25, -0.2) is 4.98 Å². The van der Waals surface area contributed by atoms with Crippen LogP contribution in [0.5, 0.6) is 0 Å². The Hall–Kier alpha value is -2.51. The van der Waals surface area contributed by atoms with Gasteiger partial charge in [0, 0.05) is 36.9 Å². The van der Waals surface area contributed by atoms with E-state index in [4.69, 9.17) is 10.7 Å². The fourth-order valence-corrected chi connectivity index (χ4v) is 3.37. The summed E-state index contributed by atoms with van der Waals surface area (Å²) in [5.41, 5.74) is 9.86. The molecule has 2 atom stereocenters. The fourth-order valence-electron chi connectivity index (χ4n) is 3.37. The standard InChI is InChI=1S/C18H22N6O/c1-11-2-4-13(5-3-11)21-17-16-14(8-20-15(16)10-25)22-18(23-17)24-7-6-12(19)9-24/h2-5,10,12,15,20H,6-9,19H2,1H3,(H,21,22,23). The molecule has 4 N–H and O–H groups in total. The summed E-state index contributed by atoms with van der Waals surface area (Å²) in [5.74, 6) is 1.36. The van der Waals surface area contributed by atoms with Gasteiger partial charge in [-0.05, 0) is 25.5 Å². The molecule has 0 radical (unpaired) electrons. The van der Waals surface area contributed by atoms with Gasteiger partial charge in [0.1, 0.15) is 12.1 Å². The number of fused-ring (bicyclic) bond motifs is 1. The molecular weight excluding hydrogens is 316 g/mol. The second kappa shape index (κ2) is 6.42. The van der Waals surface area contributed by atoms with Crippen molar-refractivity contribution in [2.75, 3.05) is 23.3 Å². The zero-order chi connectivity index (χ0) is 17.4. The first-order valence-electron chi connectivity index (χ1n) is 8.58. The number of anilines is 3. The van der Waals surface area contributed by atoms with E-state index in [1.807, 2.05) is 31.2 Å². The van der Waals surface area contributed by atoms with Gasteiger partial charge in [0.15, 0.2) is 0 Å². The minimum atomic E-state index is -0.377. The molecule has 0 aliphatic carbocycles. The third-order valence-electron chi connectivity index (χ3n) is 4.77. The van der Waals surface area contributed by atoms with Crippen LogP contribution in [0.3, 0.4) is 0 Å². The molecule has 0 spiro atoms. The molecule has 130 valence electrons. The van der Waals surface area contributed by atoms with Crippen LogP contribution in [0.4, 0.5) is 17.5 Å². The van der Waals surface area contributed by atoms with Crippen molar-refractivity contribution in [2.45, 2.75) is 32.0 Å². The van der Waals surface area contributed by atoms with E-state index in [0.717, 1.165) is 42.7 Å². The minimum Gasteiger partial charge on any atom is -0.340 e. The van der Waals surface area contributed by atoms with E-state index in [0.29, 0.717) is 18.3 Å². The number of nitrogens with two attached hydrogens (primary N) is 1. The molecule has 2 unspecified atom stereocenters. The highest BCUT2D eigenvalue weighted by atomic mass is 16.1. The number of hydrogen-bond donors (Lipinski definition) is 3. The maximum atomic E-state index is 11.4. The molecule has 7 heteroatoms. The summed E-state index contributed by atoms with van der Waals surface area (Å²) in [6, 6.07) is 7.88. The first-order chi connectivity index (χ1) is 12.1. The van der Waals surface area contributed by atoms with Crippen molar-refractivity contribution in [3.8, 4) is 0 Å². The molecule has 7 nitrogen and oxygen atoms in total. The second-order valence-corrected chi connectivity index (χ2v) is 6.71. The van der Waals surface area contributed by atoms with E-state index in [9.17, 15) is 4.79 Å². The molecular formula is C18H22N6O. The minimum absolute atomic E-state index is 0.159. The predicted molar refractivity (Wildman–Crippen MR) is 96.9 cm³/mol. The van der Waals surface area contributed by atoms with Crippen LogP contribution < -0.4 is 21.3 Å². The summed E-state index contributed by atoms with van der Waals surface area (Å²) < 4.78 is 0. The van der Waals surface area contributed by atoms with E-state index >= 15 is 0 Å². The summed E-state index contributed by atoms with van der Waals surface area (Å²) in [6.45, 7) is 4.23. The van der Waals surface area contributed by atoms with Gasteiger partial charge in [0.05, 0.1) is 11.7 Å². The lowest BCUT2D eigenvalue weighted by Gasteiger charge is -2.19. The van der Waals surface area contributed by atoms with Gasteiger partial charge in [-0.3, -0.25) is 5.32 Å². The van der Waals surface area contributed by atoms with Crippen molar-refractivity contribution in [1.82, 2.24) is 15.3 Å². The quantitative estimate of drug-likeness (QED) is 0.725. The smallest absolute Gasteiger partial charge is 0.227 e. The Morgan fingerprint density at radius 2 is 2.12 bits per heavy atom. The van der Waals surface area contributed by atoms with Crippen LogP contribution >= 0.6 is 0 Å². The Balaban J connectivity index is 1.73. The molecule has 0 saturated carbocycles. The van der Waals surface area contributed by atoms with Crippen LogP contribution in [0.25, 0.3) is 0 Å². The van der Waals surface area contributed by atoms with Crippen LogP contribution in [-0.4, -0.2) is 35.4 Å². The Bertz CT molecular complexity index is 791. The Morgan fingerprint density at radius 3 is 2.80 bits per heavy atom. The Labute approximate surface area is 146 Å². The van der Waals surface area contributed by atoms with Crippen molar-refractivity contribution < 1.29 is 4.79 Å². The Morgan fingerprint density at radius 1 is 1.32 bits per heavy atom. The summed E-state index contributed by atoms with van der Waals surface area (Å²) in [5, 5.41) is 6.54. The van der Waals surface area contributed by atoms with Gasteiger partial charge in [0.2, 0.25) is 5.95 Å². The van der Waals surface area contributed by atoms with Crippen LogP contribution in [0.1, 0.15) is 29.3 Å². The third kappa shape index (κ3) is 3.08. The highest BCUT2D eigenvalue weighted by molar-refractivity contribution is 5.72. The molecule has 0 amide bonds. The van der Waals surface area contributed by atoms with Crippen LogP contribution in [0.15, 0.2) is 24.3 Å². The van der Waals surface area contributed by atoms with Gasteiger partial charge in [0.25, 0.3) is 0 Å². The number of nitrogens with zero attached hydrogens (tertiary/aromatic N) is 3. The molecule has 1 saturated heterocycles. The van der Waals surface area contributed by atoms with E-state index < -0.39 is 0 Å². The number of carbonyl (C=O) groups excluding carboxylic acids is 1. The molecule has 1 aromatic carbocycles. The number of hydrogen-bond acceptors (Lipinski definition) is 7. The van der Waals surface area contributed by atoms with Gasteiger partial charge < -0.3 is 20.7 Å². The highest BCUT2D eigenvalue weighted by Crippen LogP contribution is 2.33. The van der Waals surface area contributed by atoms with Gasteiger partial charge in [-0.15, -0.1) is 0 Å². The number of nitrogens with one attached hydrogen (secondary N) is 2. The topological polar surface area (TPSA) is 96.2 Å². The van der Waals surface area contributed by atoms with Crippen molar-refractivity contribution in [3.05, 3.63) is 41.1 Å². The maximum absolute atomic E-state index is 11.4. The Kier molecular flexibility index (Phi) is 4.10. The SMILES string of the molecule is Cc1ccc(Nc2nc(N3CCC(N)C3)nc3c2C(C=O)NC3)cc1. The summed E-state index contributed by atoms with van der Waals surface area (Å²) in [6.07, 6.45) is 1.84. The molecule has 2 aliphatic rings. The van der Waals surface area contributed by atoms with E-state index in [1.165, 1.54) is 5.56 Å². The van der Waals surface area contributed by atoms with Gasteiger partial charge in [-0.1, -0.05) is 17.7 Å². The van der Waals surface area contributed by atoms with Crippen LogP contribution in [0, 0.1) is 6.92 Å². The highest BCUT2D eigenvalue weighted by Gasteiger charge is 2.30. The summed E-state index contributed by atoms with van der Waals surface area (Å²) >= 11 is 0. The fraction of sp³-hybridized carbons (Fsp3) is 0.389. The lowest BCUT2D eigenvalue weighted by molar-refractivity contribution is -0.109. The molecule has 4 rings (SSSR count). The van der Waals surface area contributed by atoms with Crippen LogP contribution in [-0.2, 0) is 11.3 Å². The van der Waals surface area contributed by atoms with E-state index in [-0.39, 0.29) is 12.1 Å². The van der Waals surface area contributed by atoms with Crippen molar-refractivity contribution in [1.29, 1.82) is 0 Å². The molecule has 3 heterocycles. The van der Waals surface area contributed by atoms with Crippen molar-refractivity contribution >= 4 is 23.7 Å². The maximum Gasteiger partial charge on any atom is 0.227 e. The lowest BCUT2D eigenvalue weighted by Crippen LogP contribution is -2.28.